The van der Waals surface area contributed by atoms with Crippen LogP contribution in [-0.4, -0.2) is 47.1 Å². The van der Waals surface area contributed by atoms with Gasteiger partial charge in [-0.25, -0.2) is 4.98 Å². The van der Waals surface area contributed by atoms with Gasteiger partial charge >= 0.3 is 0 Å². The Balaban J connectivity index is 1.69. The van der Waals surface area contributed by atoms with Gasteiger partial charge in [-0.05, 0) is 17.0 Å². The summed E-state index contributed by atoms with van der Waals surface area (Å²) >= 11 is 7.51. The van der Waals surface area contributed by atoms with Crippen molar-refractivity contribution in [2.75, 3.05) is 24.2 Å². The van der Waals surface area contributed by atoms with E-state index in [1.54, 1.807) is 24.0 Å². The molecule has 0 aliphatic carbocycles. The van der Waals surface area contributed by atoms with E-state index < -0.39 is 8.07 Å². The third-order valence-electron chi connectivity index (χ3n) is 4.90. The Kier molecular flexibility index (Phi) is 7.21. The molecule has 1 saturated heterocycles. The molecule has 1 N–H and O–H groups in total. The molecular formula is C20H25ClN4O2SSi. The fourth-order valence-corrected chi connectivity index (χ4v) is 8.04. The predicted molar refractivity (Wildman–Crippen MR) is 123 cm³/mol. The normalized spacial score (nSPS) is 15.9. The lowest BCUT2D eigenvalue weighted by Crippen LogP contribution is -2.44. The molecule has 154 valence electrons. The number of halogens is 1. The van der Waals surface area contributed by atoms with Crippen LogP contribution in [0.1, 0.15) is 5.56 Å². The van der Waals surface area contributed by atoms with Crippen LogP contribution < -0.4 is 10.5 Å². The Labute approximate surface area is 181 Å². The lowest BCUT2D eigenvalue weighted by Gasteiger charge is -2.23. The average molecular weight is 449 g/mol. The maximum Gasteiger partial charge on any atom is 0.295 e. The summed E-state index contributed by atoms with van der Waals surface area (Å²) in [7, 11) is -1.64. The molecule has 0 saturated carbocycles. The molecule has 0 bridgehead atoms. The third-order valence-corrected chi connectivity index (χ3v) is 11.2. The zero-order valence-electron chi connectivity index (χ0n) is 16.6. The second kappa shape index (κ2) is 9.64. The van der Waals surface area contributed by atoms with E-state index in [0.717, 1.165) is 17.5 Å². The van der Waals surface area contributed by atoms with Gasteiger partial charge in [-0.3, -0.25) is 10.1 Å². The number of rotatable bonds is 8. The molecule has 1 aliphatic rings. The average Bonchev–Trinajstić information content (AvgIpc) is 3.15. The quantitative estimate of drug-likeness (QED) is 0.288. The molecule has 29 heavy (non-hydrogen) atoms. The summed E-state index contributed by atoms with van der Waals surface area (Å²) in [6, 6.07) is 14.1. The van der Waals surface area contributed by atoms with Gasteiger partial charge < -0.3 is 10.2 Å². The van der Waals surface area contributed by atoms with E-state index >= 15 is 0 Å². The van der Waals surface area contributed by atoms with Crippen molar-refractivity contribution in [1.29, 1.82) is 0 Å². The number of hydrogen-bond donors (Lipinski definition) is 1. The largest absolute Gasteiger partial charge is 0.365 e. The molecule has 1 aliphatic heterocycles. The molecule has 2 aromatic rings. The van der Waals surface area contributed by atoms with Crippen molar-refractivity contribution < 1.29 is 4.92 Å². The number of hydrogen-bond acceptors (Lipinski definition) is 6. The second-order valence-corrected chi connectivity index (χ2v) is 14.2. The van der Waals surface area contributed by atoms with Crippen LogP contribution >= 0.6 is 23.4 Å². The maximum atomic E-state index is 11.8. The standard InChI is InChI=1S/C20H25ClN4O2SSi/c1-29(2,17-6-4-3-5-7-17)15-28-14-18(25(26)27)20-22-10-11-24(20)13-16-8-9-19(21)23-12-16/h3-9,12,22H,10-11,13-15H2,1-2H3/b20-18+. The molecular weight excluding hydrogens is 424 g/mol. The smallest absolute Gasteiger partial charge is 0.295 e. The zero-order chi connectivity index (χ0) is 20.9. The highest BCUT2D eigenvalue weighted by Crippen LogP contribution is 2.22. The van der Waals surface area contributed by atoms with E-state index in [9.17, 15) is 10.1 Å². The van der Waals surface area contributed by atoms with E-state index in [0.29, 0.717) is 29.8 Å². The van der Waals surface area contributed by atoms with Gasteiger partial charge in [-0.2, -0.15) is 11.8 Å². The highest BCUT2D eigenvalue weighted by molar-refractivity contribution is 8.01. The van der Waals surface area contributed by atoms with Crippen molar-refractivity contribution in [2.45, 2.75) is 19.6 Å². The van der Waals surface area contributed by atoms with Gasteiger partial charge in [0.2, 0.25) is 0 Å². The SMILES string of the molecule is C[Si](C)(CSC/C(=C1/NCCN1Cc1ccc(Cl)nc1)[N+](=O)[O-])c1ccccc1. The summed E-state index contributed by atoms with van der Waals surface area (Å²) < 4.78 is 0. The van der Waals surface area contributed by atoms with E-state index in [-0.39, 0.29) is 10.6 Å². The number of aromatic nitrogens is 1. The first-order valence-electron chi connectivity index (χ1n) is 9.47. The van der Waals surface area contributed by atoms with Gasteiger partial charge in [0.1, 0.15) is 5.15 Å². The monoisotopic (exact) mass is 448 g/mol. The van der Waals surface area contributed by atoms with Crippen molar-refractivity contribution in [3.8, 4) is 0 Å². The Morgan fingerprint density at radius 3 is 2.72 bits per heavy atom. The number of nitro groups is 1. The lowest BCUT2D eigenvalue weighted by atomic mass is 10.2. The fourth-order valence-electron chi connectivity index (χ4n) is 3.28. The van der Waals surface area contributed by atoms with Crippen LogP contribution in [0.2, 0.25) is 18.2 Å². The molecule has 9 heteroatoms. The predicted octanol–water partition coefficient (Wildman–Crippen LogP) is 3.47. The summed E-state index contributed by atoms with van der Waals surface area (Å²) in [6.07, 6.45) is 1.72. The fraction of sp³-hybridized carbons (Fsp3) is 0.350. The minimum atomic E-state index is -1.64. The van der Waals surface area contributed by atoms with Crippen molar-refractivity contribution in [2.24, 2.45) is 0 Å². The molecule has 2 heterocycles. The minimum Gasteiger partial charge on any atom is -0.365 e. The first-order chi connectivity index (χ1) is 13.9. The molecule has 0 radical (unpaired) electrons. The van der Waals surface area contributed by atoms with Gasteiger partial charge in [0.05, 0.1) is 18.8 Å². The minimum absolute atomic E-state index is 0.243. The van der Waals surface area contributed by atoms with Crippen LogP contribution in [0.3, 0.4) is 0 Å². The first kappa shape index (κ1) is 21.7. The van der Waals surface area contributed by atoms with Crippen LogP contribution in [0, 0.1) is 10.1 Å². The molecule has 1 aromatic carbocycles. The van der Waals surface area contributed by atoms with E-state index in [4.69, 9.17) is 11.6 Å². The number of nitrogens with one attached hydrogen (secondary N) is 1. The number of pyridine rings is 1. The Morgan fingerprint density at radius 2 is 2.07 bits per heavy atom. The van der Waals surface area contributed by atoms with Crippen molar-refractivity contribution in [1.82, 2.24) is 15.2 Å². The van der Waals surface area contributed by atoms with Crippen LogP contribution in [0.15, 0.2) is 60.2 Å². The van der Waals surface area contributed by atoms with Crippen molar-refractivity contribution >= 4 is 36.6 Å². The van der Waals surface area contributed by atoms with Gasteiger partial charge in [0, 0.05) is 25.8 Å². The van der Waals surface area contributed by atoms with Crippen LogP contribution in [-0.2, 0) is 6.54 Å². The molecule has 1 fully saturated rings. The summed E-state index contributed by atoms with van der Waals surface area (Å²) in [5.74, 6) is 1.00. The van der Waals surface area contributed by atoms with E-state index in [1.807, 2.05) is 17.0 Å². The van der Waals surface area contributed by atoms with Crippen LogP contribution in [0.4, 0.5) is 0 Å². The van der Waals surface area contributed by atoms with Crippen molar-refractivity contribution in [3.05, 3.63) is 81.0 Å². The third kappa shape index (κ3) is 5.74. The van der Waals surface area contributed by atoms with Gasteiger partial charge in [0.15, 0.2) is 5.82 Å². The Morgan fingerprint density at radius 1 is 1.31 bits per heavy atom. The van der Waals surface area contributed by atoms with E-state index in [2.05, 4.69) is 47.7 Å². The summed E-state index contributed by atoms with van der Waals surface area (Å²) in [5.41, 5.74) is 1.22. The zero-order valence-corrected chi connectivity index (χ0v) is 19.2. The van der Waals surface area contributed by atoms with Gasteiger partial charge in [-0.15, -0.1) is 0 Å². The molecule has 0 atom stereocenters. The molecule has 0 spiro atoms. The Bertz CT molecular complexity index is 878. The van der Waals surface area contributed by atoms with Gasteiger partial charge in [-0.1, -0.05) is 66.3 Å². The number of nitrogens with zero attached hydrogens (tertiary/aromatic N) is 3. The molecule has 3 rings (SSSR count). The summed E-state index contributed by atoms with van der Waals surface area (Å²) in [5, 5.41) is 17.8. The topological polar surface area (TPSA) is 71.3 Å². The van der Waals surface area contributed by atoms with Gasteiger partial charge in [0.25, 0.3) is 5.70 Å². The first-order valence-corrected chi connectivity index (χ1v) is 14.2. The maximum absolute atomic E-state index is 11.8. The molecule has 1 aromatic heterocycles. The highest BCUT2D eigenvalue weighted by atomic mass is 35.5. The van der Waals surface area contributed by atoms with Crippen LogP contribution in [0.5, 0.6) is 0 Å². The highest BCUT2D eigenvalue weighted by Gasteiger charge is 2.29. The Hall–Kier alpha value is -2.03. The molecule has 0 unspecified atom stereocenters. The molecule has 0 amide bonds. The number of benzene rings is 1. The lowest BCUT2D eigenvalue weighted by molar-refractivity contribution is -0.425. The number of thioether (sulfide) groups is 1. The van der Waals surface area contributed by atoms with Crippen molar-refractivity contribution in [3.63, 3.8) is 0 Å². The summed E-state index contributed by atoms with van der Waals surface area (Å²) in [6.45, 7) is 6.61. The second-order valence-electron chi connectivity index (χ2n) is 7.63. The summed E-state index contributed by atoms with van der Waals surface area (Å²) in [4.78, 5) is 17.7. The van der Waals surface area contributed by atoms with Crippen LogP contribution in [0.25, 0.3) is 0 Å². The van der Waals surface area contributed by atoms with E-state index in [1.165, 1.54) is 5.19 Å². The molecule has 6 nitrogen and oxygen atoms in total.